The fraction of sp³-hybridized carbons (Fsp3) is 0.500. The molecular formula is C28H32FN5O3S. The Labute approximate surface area is 225 Å². The Balaban J connectivity index is 1.20. The van der Waals surface area contributed by atoms with Crippen LogP contribution >= 0.6 is 11.3 Å². The van der Waals surface area contributed by atoms with E-state index in [4.69, 9.17) is 4.74 Å². The van der Waals surface area contributed by atoms with Crippen LogP contribution in [0.5, 0.6) is 0 Å². The summed E-state index contributed by atoms with van der Waals surface area (Å²) in [6.07, 6.45) is 4.19. The number of carbonyl (C=O) groups excluding carboxylic acids is 2. The third-order valence-corrected chi connectivity index (χ3v) is 8.86. The van der Waals surface area contributed by atoms with E-state index in [1.165, 1.54) is 35.3 Å². The van der Waals surface area contributed by atoms with Gasteiger partial charge in [-0.15, -0.1) is 11.3 Å². The molecule has 0 radical (unpaired) electrons. The number of aryl methyl sites for hydroxylation is 1. The number of carbonyl (C=O) groups is 2. The number of fused-ring (bicyclic) bond motifs is 1. The minimum absolute atomic E-state index is 0.129. The normalized spacial score (nSPS) is 25.8. The number of hydrogen-bond acceptors (Lipinski definition) is 8. The zero-order valence-electron chi connectivity index (χ0n) is 21.7. The number of benzene rings is 1. The number of amidine groups is 1. The molecule has 2 atom stereocenters. The molecule has 2 saturated heterocycles. The maximum atomic E-state index is 16.2. The predicted octanol–water partition coefficient (Wildman–Crippen LogP) is 3.57. The number of ether oxygens (including phenoxy) is 1. The number of alkyl halides is 1. The van der Waals surface area contributed by atoms with E-state index in [2.05, 4.69) is 39.2 Å². The van der Waals surface area contributed by atoms with Crippen LogP contribution in [0.4, 0.5) is 10.1 Å². The Kier molecular flexibility index (Phi) is 6.55. The number of piperidine rings is 1. The van der Waals surface area contributed by atoms with Crippen LogP contribution in [0.1, 0.15) is 48.2 Å². The van der Waals surface area contributed by atoms with Crippen molar-refractivity contribution in [1.82, 2.24) is 15.2 Å². The molecule has 200 valence electrons. The first kappa shape index (κ1) is 25.2. The minimum Gasteiger partial charge on any atom is -0.463 e. The molecule has 6 rings (SSSR count). The van der Waals surface area contributed by atoms with Gasteiger partial charge in [-0.3, -0.25) is 14.7 Å². The first-order valence-corrected chi connectivity index (χ1v) is 14.2. The summed E-state index contributed by atoms with van der Waals surface area (Å²) in [5.74, 6) is -0.0906. The van der Waals surface area contributed by atoms with Crippen LogP contribution in [0.2, 0.25) is 0 Å². The molecule has 0 bridgehead atoms. The molecule has 1 aromatic heterocycles. The number of hydrogen-bond donors (Lipinski definition) is 1. The Morgan fingerprint density at radius 2 is 2.16 bits per heavy atom. The number of likely N-dealkylation sites (tertiary alicyclic amines) is 1. The highest BCUT2D eigenvalue weighted by molar-refractivity contribution is 7.11. The molecule has 1 amide bonds. The third kappa shape index (κ3) is 4.53. The van der Waals surface area contributed by atoms with Gasteiger partial charge in [0.2, 0.25) is 0 Å². The van der Waals surface area contributed by atoms with Gasteiger partial charge in [0.1, 0.15) is 0 Å². The molecule has 4 aliphatic rings. The fourth-order valence-electron chi connectivity index (χ4n) is 5.82. The van der Waals surface area contributed by atoms with Crippen LogP contribution in [0.3, 0.4) is 0 Å². The molecule has 1 saturated carbocycles. The Morgan fingerprint density at radius 3 is 2.89 bits per heavy atom. The second kappa shape index (κ2) is 9.89. The summed E-state index contributed by atoms with van der Waals surface area (Å²) < 4.78 is 21.5. The van der Waals surface area contributed by atoms with Crippen molar-refractivity contribution in [3.8, 4) is 0 Å². The Hall–Kier alpha value is -3.11. The van der Waals surface area contributed by atoms with Crippen molar-refractivity contribution < 1.29 is 18.7 Å². The van der Waals surface area contributed by atoms with Crippen molar-refractivity contribution in [2.45, 2.75) is 44.7 Å². The van der Waals surface area contributed by atoms with Gasteiger partial charge in [-0.25, -0.2) is 14.2 Å². The van der Waals surface area contributed by atoms with E-state index in [0.29, 0.717) is 49.2 Å². The van der Waals surface area contributed by atoms with E-state index >= 15 is 4.39 Å². The third-order valence-electron chi connectivity index (χ3n) is 8.08. The number of thiazole rings is 1. The lowest BCUT2D eigenvalue weighted by Crippen LogP contribution is -2.52. The summed E-state index contributed by atoms with van der Waals surface area (Å²) in [5, 5.41) is 5.91. The highest BCUT2D eigenvalue weighted by atomic mass is 32.1. The van der Waals surface area contributed by atoms with Crippen molar-refractivity contribution in [3.05, 3.63) is 57.2 Å². The van der Waals surface area contributed by atoms with Gasteiger partial charge in [-0.05, 0) is 55.9 Å². The molecule has 8 nitrogen and oxygen atoms in total. The summed E-state index contributed by atoms with van der Waals surface area (Å²) >= 11 is 1.47. The van der Waals surface area contributed by atoms with Crippen LogP contribution in [0.25, 0.3) is 0 Å². The molecule has 3 aliphatic heterocycles. The van der Waals surface area contributed by atoms with E-state index < -0.39 is 23.5 Å². The van der Waals surface area contributed by atoms with E-state index in [1.54, 1.807) is 18.0 Å². The van der Waals surface area contributed by atoms with Crippen molar-refractivity contribution >= 4 is 34.7 Å². The zero-order chi connectivity index (χ0) is 26.4. The fourth-order valence-corrected chi connectivity index (χ4v) is 6.42. The summed E-state index contributed by atoms with van der Waals surface area (Å²) in [6.45, 7) is 5.94. The van der Waals surface area contributed by atoms with Gasteiger partial charge in [-0.2, -0.15) is 0 Å². The second-order valence-corrected chi connectivity index (χ2v) is 11.5. The van der Waals surface area contributed by atoms with Crippen LogP contribution in [-0.4, -0.2) is 72.6 Å². The molecule has 4 heterocycles. The zero-order valence-corrected chi connectivity index (χ0v) is 22.5. The number of esters is 1. The number of aromatic nitrogens is 1. The van der Waals surface area contributed by atoms with E-state index in [0.717, 1.165) is 10.7 Å². The first-order valence-electron chi connectivity index (χ1n) is 13.3. The summed E-state index contributed by atoms with van der Waals surface area (Å²) in [6, 6.07) is 6.08. The molecule has 1 aliphatic carbocycles. The smallest absolute Gasteiger partial charge is 0.337 e. The molecule has 0 spiro atoms. The lowest BCUT2D eigenvalue weighted by atomic mass is 9.85. The van der Waals surface area contributed by atoms with Crippen molar-refractivity contribution in [2.24, 2.45) is 10.9 Å². The van der Waals surface area contributed by atoms with Crippen molar-refractivity contribution in [3.63, 3.8) is 0 Å². The van der Waals surface area contributed by atoms with E-state index in [9.17, 15) is 9.59 Å². The number of nitrogens with zero attached hydrogens (tertiary/aromatic N) is 4. The summed E-state index contributed by atoms with van der Waals surface area (Å²) in [7, 11) is 0. The molecule has 2 aromatic rings. The standard InChI is InChI=1S/C28H32FN5O3S/c1-3-37-26(35)22-13-31-24(25-30-9-11-38-25)32-23(22)16-33-10-8-28(29)19(14-33)15-34(27(28)36)20-7-4-17(2)21(12-20)18-5-6-18/h4,7,9,11-12,18-19H,3,5-6,8,10,13-16H2,1-2H3,(H,31,32). The van der Waals surface area contributed by atoms with Crippen LogP contribution < -0.4 is 10.2 Å². The molecule has 38 heavy (non-hydrogen) atoms. The maximum absolute atomic E-state index is 16.2. The second-order valence-electron chi connectivity index (χ2n) is 10.6. The van der Waals surface area contributed by atoms with Crippen molar-refractivity contribution in [1.29, 1.82) is 0 Å². The first-order chi connectivity index (χ1) is 18.4. The number of amides is 1. The summed E-state index contributed by atoms with van der Waals surface area (Å²) in [5.41, 5.74) is 2.61. The van der Waals surface area contributed by atoms with Gasteiger partial charge >= 0.3 is 5.97 Å². The molecule has 10 heteroatoms. The predicted molar refractivity (Wildman–Crippen MR) is 144 cm³/mol. The average molecular weight is 538 g/mol. The average Bonchev–Trinajstić information content (AvgIpc) is 3.54. The van der Waals surface area contributed by atoms with Gasteiger partial charge in [0.25, 0.3) is 5.91 Å². The topological polar surface area (TPSA) is 87.1 Å². The van der Waals surface area contributed by atoms with E-state index in [-0.39, 0.29) is 19.6 Å². The van der Waals surface area contributed by atoms with Crippen LogP contribution in [-0.2, 0) is 14.3 Å². The van der Waals surface area contributed by atoms with Gasteiger partial charge in [-0.1, -0.05) is 6.07 Å². The van der Waals surface area contributed by atoms with Crippen LogP contribution in [0, 0.1) is 12.8 Å². The number of nitrogens with one attached hydrogen (secondary N) is 1. The Morgan fingerprint density at radius 1 is 1.32 bits per heavy atom. The van der Waals surface area contributed by atoms with Gasteiger partial charge in [0.05, 0.1) is 18.7 Å². The van der Waals surface area contributed by atoms with Crippen LogP contribution in [0.15, 0.2) is 46.0 Å². The quantitative estimate of drug-likeness (QED) is 0.544. The van der Waals surface area contributed by atoms with Gasteiger partial charge < -0.3 is 15.0 Å². The highest BCUT2D eigenvalue weighted by Crippen LogP contribution is 2.45. The number of halogens is 1. The van der Waals surface area contributed by atoms with Gasteiger partial charge in [0, 0.05) is 61.5 Å². The number of anilines is 1. The molecule has 2 unspecified atom stereocenters. The Bertz CT molecular complexity index is 1320. The lowest BCUT2D eigenvalue weighted by molar-refractivity contribution is -0.138. The largest absolute Gasteiger partial charge is 0.463 e. The SMILES string of the molecule is CCOC(=O)C1=C(CN2CCC3(F)C(=O)N(c4ccc(C)c(C5CC5)c4)CC3C2)NC(c2nccs2)=NC1. The molecule has 3 fully saturated rings. The maximum Gasteiger partial charge on any atom is 0.337 e. The van der Waals surface area contributed by atoms with E-state index in [1.807, 2.05) is 11.4 Å². The van der Waals surface area contributed by atoms with Crippen molar-refractivity contribution in [2.75, 3.05) is 44.2 Å². The lowest BCUT2D eigenvalue weighted by Gasteiger charge is -2.37. The monoisotopic (exact) mass is 537 g/mol. The summed E-state index contributed by atoms with van der Waals surface area (Å²) in [4.78, 5) is 38.7. The number of rotatable bonds is 7. The highest BCUT2D eigenvalue weighted by Gasteiger charge is 2.57. The molecule has 1 N–H and O–H groups in total. The molecular weight excluding hydrogens is 505 g/mol. The minimum atomic E-state index is -1.87. The molecule has 1 aromatic carbocycles. The van der Waals surface area contributed by atoms with Gasteiger partial charge in [0.15, 0.2) is 16.5 Å². The number of aliphatic imine (C=N–C) groups is 1.